The summed E-state index contributed by atoms with van der Waals surface area (Å²) in [5, 5.41) is 0. The number of carbonyl (C=O) groups is 1. The van der Waals surface area contributed by atoms with Gasteiger partial charge in [0.2, 0.25) is 15.9 Å². The zero-order valence-electron chi connectivity index (χ0n) is 14.7. The molecule has 1 aromatic carbocycles. The zero-order valence-corrected chi connectivity index (χ0v) is 15.5. The van der Waals surface area contributed by atoms with E-state index in [2.05, 4.69) is 4.90 Å². The van der Waals surface area contributed by atoms with E-state index >= 15 is 0 Å². The highest BCUT2D eigenvalue weighted by Crippen LogP contribution is 2.23. The molecule has 0 saturated carbocycles. The second kappa shape index (κ2) is 7.41. The fraction of sp³-hybridized carbons (Fsp3) is 0.588. The van der Waals surface area contributed by atoms with Crippen molar-refractivity contribution in [2.45, 2.75) is 24.8 Å². The number of aryl methyl sites for hydroxylation is 1. The maximum absolute atomic E-state index is 12.8. The number of hydrogen-bond donors (Lipinski definition) is 0. The summed E-state index contributed by atoms with van der Waals surface area (Å²) in [5.41, 5.74) is 1.01. The lowest BCUT2D eigenvalue weighted by molar-refractivity contribution is -0.134. The van der Waals surface area contributed by atoms with Gasteiger partial charge in [-0.15, -0.1) is 0 Å². The van der Waals surface area contributed by atoms with Crippen molar-refractivity contribution < 1.29 is 17.9 Å². The Balaban J connectivity index is 1.67. The number of hydrogen-bond acceptors (Lipinski definition) is 5. The van der Waals surface area contributed by atoms with Gasteiger partial charge in [0, 0.05) is 25.7 Å². The molecule has 1 amide bonds. The van der Waals surface area contributed by atoms with Gasteiger partial charge in [-0.3, -0.25) is 9.69 Å². The van der Waals surface area contributed by atoms with Gasteiger partial charge in [-0.2, -0.15) is 4.31 Å². The van der Waals surface area contributed by atoms with E-state index in [1.165, 1.54) is 4.31 Å². The molecule has 0 bridgehead atoms. The first kappa shape index (κ1) is 18.3. The number of sulfonamides is 1. The standard InChI is InChI=1S/C17H25N3O4S/c1-14-3-5-16(6-4-14)25(22,23)19-11-15(2)20(13-19)17(21)12-18-7-9-24-10-8-18/h3-6,15H,7-13H2,1-2H3. The van der Waals surface area contributed by atoms with E-state index in [9.17, 15) is 13.2 Å². The molecule has 2 saturated heterocycles. The number of rotatable bonds is 4. The van der Waals surface area contributed by atoms with Gasteiger partial charge in [0.25, 0.3) is 0 Å². The predicted octanol–water partition coefficient (Wildman–Crippen LogP) is 0.506. The Morgan fingerprint density at radius 1 is 1.20 bits per heavy atom. The molecule has 1 unspecified atom stereocenters. The molecule has 7 nitrogen and oxygen atoms in total. The monoisotopic (exact) mass is 367 g/mol. The lowest BCUT2D eigenvalue weighted by atomic mass is 10.2. The molecule has 8 heteroatoms. The highest BCUT2D eigenvalue weighted by Gasteiger charge is 2.38. The third kappa shape index (κ3) is 4.03. The van der Waals surface area contributed by atoms with E-state index in [0.29, 0.717) is 26.3 Å². The van der Waals surface area contributed by atoms with Gasteiger partial charge in [0.15, 0.2) is 0 Å². The first-order valence-electron chi connectivity index (χ1n) is 8.54. The minimum Gasteiger partial charge on any atom is -0.379 e. The van der Waals surface area contributed by atoms with Crippen LogP contribution in [-0.2, 0) is 19.6 Å². The molecular weight excluding hydrogens is 342 g/mol. The van der Waals surface area contributed by atoms with Gasteiger partial charge in [-0.1, -0.05) is 17.7 Å². The van der Waals surface area contributed by atoms with Gasteiger partial charge >= 0.3 is 0 Å². The van der Waals surface area contributed by atoms with Gasteiger partial charge in [0.05, 0.1) is 31.3 Å². The molecule has 25 heavy (non-hydrogen) atoms. The van der Waals surface area contributed by atoms with Crippen molar-refractivity contribution in [1.82, 2.24) is 14.1 Å². The quantitative estimate of drug-likeness (QED) is 0.775. The van der Waals surface area contributed by atoms with Crippen LogP contribution >= 0.6 is 0 Å². The SMILES string of the molecule is Cc1ccc(S(=O)(=O)N2CC(C)N(C(=O)CN3CCOCC3)C2)cc1. The topological polar surface area (TPSA) is 70.2 Å². The summed E-state index contributed by atoms with van der Waals surface area (Å²) in [7, 11) is -3.58. The van der Waals surface area contributed by atoms with Gasteiger partial charge in [-0.25, -0.2) is 8.42 Å². The molecule has 3 rings (SSSR count). The summed E-state index contributed by atoms with van der Waals surface area (Å²) in [6.45, 7) is 7.30. The third-order valence-electron chi connectivity index (χ3n) is 4.75. The molecule has 2 aliphatic rings. The summed E-state index contributed by atoms with van der Waals surface area (Å²) in [5.74, 6) is -0.0315. The molecule has 0 spiro atoms. The van der Waals surface area contributed by atoms with Crippen LogP contribution in [-0.4, -0.2) is 80.5 Å². The average Bonchev–Trinajstić information content (AvgIpc) is 2.99. The van der Waals surface area contributed by atoms with Crippen LogP contribution in [0, 0.1) is 6.92 Å². The Kier molecular flexibility index (Phi) is 5.43. The number of morpholine rings is 1. The van der Waals surface area contributed by atoms with E-state index in [0.717, 1.165) is 18.7 Å². The Bertz CT molecular complexity index is 714. The van der Waals surface area contributed by atoms with E-state index < -0.39 is 10.0 Å². The minimum absolute atomic E-state index is 0.0315. The summed E-state index contributed by atoms with van der Waals surface area (Å²) in [4.78, 5) is 16.6. The number of nitrogens with zero attached hydrogens (tertiary/aromatic N) is 3. The van der Waals surface area contributed by atoms with Crippen LogP contribution in [0.3, 0.4) is 0 Å². The maximum Gasteiger partial charge on any atom is 0.244 e. The fourth-order valence-corrected chi connectivity index (χ4v) is 4.63. The second-order valence-corrected chi connectivity index (χ2v) is 8.63. The van der Waals surface area contributed by atoms with Crippen LogP contribution < -0.4 is 0 Å². The molecule has 0 aromatic heterocycles. The Labute approximate surface area is 149 Å². The third-order valence-corrected chi connectivity index (χ3v) is 6.56. The lowest BCUT2D eigenvalue weighted by Gasteiger charge is -2.29. The van der Waals surface area contributed by atoms with Crippen LogP contribution in [0.4, 0.5) is 0 Å². The smallest absolute Gasteiger partial charge is 0.244 e. The highest BCUT2D eigenvalue weighted by atomic mass is 32.2. The van der Waals surface area contributed by atoms with E-state index in [4.69, 9.17) is 4.74 Å². The fourth-order valence-electron chi connectivity index (χ4n) is 3.16. The summed E-state index contributed by atoms with van der Waals surface area (Å²) < 4.78 is 32.3. The molecule has 2 aliphatic heterocycles. The normalized spacial score (nSPS) is 23.1. The summed E-state index contributed by atoms with van der Waals surface area (Å²) in [6, 6.07) is 6.68. The average molecular weight is 367 g/mol. The molecule has 0 N–H and O–H groups in total. The van der Waals surface area contributed by atoms with E-state index in [1.807, 2.05) is 13.8 Å². The summed E-state index contributed by atoms with van der Waals surface area (Å²) >= 11 is 0. The molecule has 138 valence electrons. The predicted molar refractivity (Wildman–Crippen MR) is 93.5 cm³/mol. The van der Waals surface area contributed by atoms with Gasteiger partial charge in [0.1, 0.15) is 0 Å². The largest absolute Gasteiger partial charge is 0.379 e. The number of carbonyl (C=O) groups excluding carboxylic acids is 1. The van der Waals surface area contributed by atoms with Crippen molar-refractivity contribution in [3.8, 4) is 0 Å². The Morgan fingerprint density at radius 2 is 1.84 bits per heavy atom. The van der Waals surface area contributed by atoms with Crippen LogP contribution in [0.25, 0.3) is 0 Å². The van der Waals surface area contributed by atoms with Crippen LogP contribution in [0.5, 0.6) is 0 Å². The first-order chi connectivity index (χ1) is 11.9. The first-order valence-corrected chi connectivity index (χ1v) is 9.98. The van der Waals surface area contributed by atoms with Crippen LogP contribution in [0.15, 0.2) is 29.2 Å². The molecule has 2 heterocycles. The molecule has 0 aliphatic carbocycles. The van der Waals surface area contributed by atoms with Gasteiger partial charge in [-0.05, 0) is 26.0 Å². The highest BCUT2D eigenvalue weighted by molar-refractivity contribution is 7.89. The molecule has 1 aromatic rings. The Hall–Kier alpha value is -1.48. The van der Waals surface area contributed by atoms with Crippen molar-refractivity contribution in [1.29, 1.82) is 0 Å². The molecule has 1 atom stereocenters. The number of benzene rings is 1. The second-order valence-electron chi connectivity index (χ2n) is 6.69. The van der Waals surface area contributed by atoms with Gasteiger partial charge < -0.3 is 9.64 Å². The number of ether oxygens (including phenoxy) is 1. The molecular formula is C17H25N3O4S. The molecule has 0 radical (unpaired) electrons. The minimum atomic E-state index is -3.58. The van der Waals surface area contributed by atoms with Crippen molar-refractivity contribution in [2.24, 2.45) is 0 Å². The van der Waals surface area contributed by atoms with Crippen molar-refractivity contribution >= 4 is 15.9 Å². The van der Waals surface area contributed by atoms with E-state index in [-0.39, 0.29) is 23.5 Å². The van der Waals surface area contributed by atoms with Crippen LogP contribution in [0.2, 0.25) is 0 Å². The van der Waals surface area contributed by atoms with Crippen molar-refractivity contribution in [3.05, 3.63) is 29.8 Å². The van der Waals surface area contributed by atoms with Crippen LogP contribution in [0.1, 0.15) is 12.5 Å². The van der Waals surface area contributed by atoms with Crippen molar-refractivity contribution in [2.75, 3.05) is 46.1 Å². The maximum atomic E-state index is 12.8. The zero-order chi connectivity index (χ0) is 18.0. The Morgan fingerprint density at radius 3 is 2.48 bits per heavy atom. The van der Waals surface area contributed by atoms with Crippen molar-refractivity contribution in [3.63, 3.8) is 0 Å². The lowest BCUT2D eigenvalue weighted by Crippen LogP contribution is -2.46. The van der Waals surface area contributed by atoms with E-state index in [1.54, 1.807) is 29.2 Å². The molecule has 2 fully saturated rings. The number of amides is 1. The summed E-state index contributed by atoms with van der Waals surface area (Å²) in [6.07, 6.45) is 0.